The lowest BCUT2D eigenvalue weighted by Gasteiger charge is -2.43. The van der Waals surface area contributed by atoms with E-state index in [9.17, 15) is 0 Å². The number of piperidine rings is 1. The van der Waals surface area contributed by atoms with Crippen molar-refractivity contribution >= 4 is 14.3 Å². The standard InChI is InChI=1S/C17H34N4OSi/c1-13(2)23(14(3)4,15(5)6)22-11-16-7-9-21(10-8-16)17-18-12-19-20-17/h12-16H,7-11H2,1-6H3,(H,18,19,20). The van der Waals surface area contributed by atoms with Crippen molar-refractivity contribution < 1.29 is 4.43 Å². The lowest BCUT2D eigenvalue weighted by atomic mass is 9.98. The van der Waals surface area contributed by atoms with Crippen LogP contribution >= 0.6 is 0 Å². The molecule has 1 aromatic heterocycles. The van der Waals surface area contributed by atoms with Gasteiger partial charge in [-0.05, 0) is 35.4 Å². The van der Waals surface area contributed by atoms with E-state index in [0.29, 0.717) is 22.5 Å². The van der Waals surface area contributed by atoms with Gasteiger partial charge in [-0.3, -0.25) is 0 Å². The van der Waals surface area contributed by atoms with Crippen molar-refractivity contribution in [3.8, 4) is 0 Å². The second-order valence-electron chi connectivity index (χ2n) is 7.87. The molecule has 1 aromatic rings. The fraction of sp³-hybridized carbons (Fsp3) is 0.882. The zero-order valence-electron chi connectivity index (χ0n) is 15.7. The molecule has 0 aromatic carbocycles. The van der Waals surface area contributed by atoms with Gasteiger partial charge in [0.05, 0.1) is 0 Å². The number of hydrogen-bond donors (Lipinski definition) is 1. The fourth-order valence-electron chi connectivity index (χ4n) is 4.43. The van der Waals surface area contributed by atoms with Gasteiger partial charge in [-0.25, -0.2) is 5.10 Å². The Kier molecular flexibility index (Phi) is 6.25. The number of nitrogens with one attached hydrogen (secondary N) is 1. The topological polar surface area (TPSA) is 54.0 Å². The summed E-state index contributed by atoms with van der Waals surface area (Å²) in [7, 11) is -1.72. The van der Waals surface area contributed by atoms with Gasteiger partial charge < -0.3 is 9.33 Å². The Bertz CT molecular complexity index is 431. The lowest BCUT2D eigenvalue weighted by Crippen LogP contribution is -2.49. The van der Waals surface area contributed by atoms with Gasteiger partial charge in [-0.2, -0.15) is 10.1 Å². The Morgan fingerprint density at radius 2 is 1.70 bits per heavy atom. The fourth-order valence-corrected chi connectivity index (χ4v) is 9.95. The molecule has 5 nitrogen and oxygen atoms in total. The van der Waals surface area contributed by atoms with Crippen LogP contribution in [0.2, 0.25) is 16.6 Å². The highest BCUT2D eigenvalue weighted by Gasteiger charge is 2.45. The molecule has 1 N–H and O–H groups in total. The van der Waals surface area contributed by atoms with Crippen molar-refractivity contribution in [1.29, 1.82) is 0 Å². The van der Waals surface area contributed by atoms with E-state index in [1.807, 2.05) is 0 Å². The second kappa shape index (κ2) is 7.79. The van der Waals surface area contributed by atoms with Crippen LogP contribution in [0.5, 0.6) is 0 Å². The number of aromatic amines is 1. The van der Waals surface area contributed by atoms with E-state index >= 15 is 0 Å². The summed E-state index contributed by atoms with van der Waals surface area (Å²) < 4.78 is 6.76. The smallest absolute Gasteiger partial charge is 0.221 e. The lowest BCUT2D eigenvalue weighted by molar-refractivity contribution is 0.199. The van der Waals surface area contributed by atoms with Crippen molar-refractivity contribution in [3.63, 3.8) is 0 Å². The van der Waals surface area contributed by atoms with E-state index in [1.165, 1.54) is 12.8 Å². The predicted molar refractivity (Wildman–Crippen MR) is 98.3 cm³/mol. The van der Waals surface area contributed by atoms with Crippen LogP contribution in [0.4, 0.5) is 5.95 Å². The maximum absolute atomic E-state index is 6.76. The van der Waals surface area contributed by atoms with Crippen LogP contribution in [0, 0.1) is 5.92 Å². The largest absolute Gasteiger partial charge is 0.416 e. The molecule has 0 amide bonds. The summed E-state index contributed by atoms with van der Waals surface area (Å²) in [4.78, 5) is 6.55. The van der Waals surface area contributed by atoms with Gasteiger partial charge in [0.25, 0.3) is 0 Å². The summed E-state index contributed by atoms with van der Waals surface area (Å²) in [5.41, 5.74) is 1.99. The van der Waals surface area contributed by atoms with E-state index in [-0.39, 0.29) is 0 Å². The van der Waals surface area contributed by atoms with Crippen molar-refractivity contribution in [2.75, 3.05) is 24.6 Å². The average molecular weight is 339 g/mol. The maximum atomic E-state index is 6.76. The van der Waals surface area contributed by atoms with Crippen molar-refractivity contribution in [3.05, 3.63) is 6.33 Å². The molecule has 23 heavy (non-hydrogen) atoms. The quantitative estimate of drug-likeness (QED) is 0.757. The minimum atomic E-state index is -1.72. The van der Waals surface area contributed by atoms with Crippen molar-refractivity contribution in [2.24, 2.45) is 5.92 Å². The third-order valence-electron chi connectivity index (χ3n) is 5.59. The first-order chi connectivity index (χ1) is 10.9. The first-order valence-electron chi connectivity index (χ1n) is 9.12. The number of hydrogen-bond acceptors (Lipinski definition) is 4. The summed E-state index contributed by atoms with van der Waals surface area (Å²) in [5, 5.41) is 6.91. The third-order valence-corrected chi connectivity index (χ3v) is 11.7. The van der Waals surface area contributed by atoms with Crippen LogP contribution < -0.4 is 4.90 Å². The highest BCUT2D eigenvalue weighted by molar-refractivity contribution is 6.77. The Hall–Kier alpha value is -0.883. The number of nitrogens with zero attached hydrogens (tertiary/aromatic N) is 3. The molecule has 0 radical (unpaired) electrons. The second-order valence-corrected chi connectivity index (χ2v) is 13.3. The Morgan fingerprint density at radius 3 is 2.13 bits per heavy atom. The van der Waals surface area contributed by atoms with E-state index in [0.717, 1.165) is 25.6 Å². The zero-order chi connectivity index (χ0) is 17.0. The van der Waals surface area contributed by atoms with Crippen LogP contribution in [0.3, 0.4) is 0 Å². The van der Waals surface area contributed by atoms with Crippen LogP contribution in [-0.4, -0.2) is 43.2 Å². The minimum Gasteiger partial charge on any atom is -0.416 e. The molecule has 132 valence electrons. The monoisotopic (exact) mass is 338 g/mol. The molecule has 6 heteroatoms. The van der Waals surface area contributed by atoms with E-state index in [4.69, 9.17) is 4.43 Å². The van der Waals surface area contributed by atoms with Crippen LogP contribution in [0.15, 0.2) is 6.33 Å². The van der Waals surface area contributed by atoms with Gasteiger partial charge in [0, 0.05) is 19.7 Å². The normalized spacial score (nSPS) is 17.7. The number of anilines is 1. The van der Waals surface area contributed by atoms with Gasteiger partial charge in [0.1, 0.15) is 6.33 Å². The average Bonchev–Trinajstić information content (AvgIpc) is 3.01. The predicted octanol–water partition coefficient (Wildman–Crippen LogP) is 4.21. The first-order valence-corrected chi connectivity index (χ1v) is 11.3. The molecule has 0 aliphatic carbocycles. The van der Waals surface area contributed by atoms with E-state index in [2.05, 4.69) is 61.6 Å². The van der Waals surface area contributed by atoms with E-state index < -0.39 is 8.32 Å². The molecule has 1 aliphatic rings. The molecule has 0 atom stereocenters. The molecule has 2 rings (SSSR count). The number of rotatable bonds is 7. The van der Waals surface area contributed by atoms with Gasteiger partial charge in [0.2, 0.25) is 5.95 Å². The Balaban J connectivity index is 1.90. The molecule has 0 saturated carbocycles. The van der Waals surface area contributed by atoms with E-state index in [1.54, 1.807) is 6.33 Å². The van der Waals surface area contributed by atoms with Gasteiger partial charge in [-0.15, -0.1) is 0 Å². The summed E-state index contributed by atoms with van der Waals surface area (Å²) in [5.74, 6) is 1.58. The van der Waals surface area contributed by atoms with Crippen LogP contribution in [0.25, 0.3) is 0 Å². The minimum absolute atomic E-state index is 0.664. The molecular formula is C17H34N4OSi. The molecular weight excluding hydrogens is 304 g/mol. The molecule has 0 bridgehead atoms. The highest BCUT2D eigenvalue weighted by Crippen LogP contribution is 2.42. The van der Waals surface area contributed by atoms with Crippen LogP contribution in [0.1, 0.15) is 54.4 Å². The van der Waals surface area contributed by atoms with Gasteiger partial charge >= 0.3 is 0 Å². The Labute approximate surface area is 142 Å². The summed E-state index contributed by atoms with van der Waals surface area (Å²) in [6, 6.07) is 0. The first kappa shape index (κ1) is 18.5. The molecule has 0 spiro atoms. The number of aromatic nitrogens is 3. The highest BCUT2D eigenvalue weighted by atomic mass is 28.4. The molecule has 1 fully saturated rings. The number of H-pyrrole nitrogens is 1. The van der Waals surface area contributed by atoms with Gasteiger partial charge in [-0.1, -0.05) is 41.5 Å². The van der Waals surface area contributed by atoms with Gasteiger partial charge in [0.15, 0.2) is 8.32 Å². The van der Waals surface area contributed by atoms with Crippen LogP contribution in [-0.2, 0) is 4.43 Å². The zero-order valence-corrected chi connectivity index (χ0v) is 16.7. The summed E-state index contributed by atoms with van der Waals surface area (Å²) in [6.45, 7) is 17.2. The van der Waals surface area contributed by atoms with Crippen molar-refractivity contribution in [2.45, 2.75) is 71.0 Å². The molecule has 0 unspecified atom stereocenters. The SMILES string of the molecule is CC(C)[Si](OCC1CCN(c2ncn[nH]2)CC1)(C(C)C)C(C)C. The molecule has 1 aliphatic heterocycles. The third kappa shape index (κ3) is 3.97. The molecule has 2 heterocycles. The Morgan fingerprint density at radius 1 is 1.13 bits per heavy atom. The molecule has 1 saturated heterocycles. The maximum Gasteiger partial charge on any atom is 0.221 e. The summed E-state index contributed by atoms with van der Waals surface area (Å²) in [6.07, 6.45) is 3.94. The van der Waals surface area contributed by atoms with Crippen molar-refractivity contribution in [1.82, 2.24) is 15.2 Å². The summed E-state index contributed by atoms with van der Waals surface area (Å²) >= 11 is 0.